The molecule has 0 fully saturated rings. The number of imidazole rings is 1. The molecule has 0 radical (unpaired) electrons. The van der Waals surface area contributed by atoms with E-state index in [9.17, 15) is 9.18 Å². The fourth-order valence-electron chi connectivity index (χ4n) is 2.81. The lowest BCUT2D eigenvalue weighted by atomic mass is 10.0. The lowest BCUT2D eigenvalue weighted by molar-refractivity contribution is -0.117. The van der Waals surface area contributed by atoms with Crippen LogP contribution < -0.4 is 10.1 Å². The molecule has 6 heteroatoms. The van der Waals surface area contributed by atoms with Crippen molar-refractivity contribution < 1.29 is 13.9 Å². The van der Waals surface area contributed by atoms with Crippen LogP contribution in [-0.2, 0) is 11.8 Å². The Balaban J connectivity index is 1.89. The number of aromatic nitrogens is 2. The predicted molar refractivity (Wildman–Crippen MR) is 102 cm³/mol. The minimum absolute atomic E-state index is 0.346. The summed E-state index contributed by atoms with van der Waals surface area (Å²) in [5, 5.41) is 2.93. The van der Waals surface area contributed by atoms with Crippen LogP contribution in [0.2, 0.25) is 0 Å². The van der Waals surface area contributed by atoms with Crippen LogP contribution >= 0.6 is 0 Å². The molecule has 27 heavy (non-hydrogen) atoms. The molecule has 5 nitrogen and oxygen atoms in total. The quantitative estimate of drug-likeness (QED) is 0.681. The number of nitrogens with one attached hydrogen (secondary N) is 1. The molecule has 3 aromatic rings. The van der Waals surface area contributed by atoms with Crippen LogP contribution in [0.3, 0.4) is 0 Å². The van der Waals surface area contributed by atoms with Crippen LogP contribution in [0.4, 0.5) is 4.39 Å². The number of ether oxygens (including phenoxy) is 1. The van der Waals surface area contributed by atoms with E-state index >= 15 is 0 Å². The highest BCUT2D eigenvalue weighted by molar-refractivity contribution is 5.92. The van der Waals surface area contributed by atoms with E-state index < -0.39 is 6.04 Å². The zero-order valence-electron chi connectivity index (χ0n) is 15.1. The molecule has 0 saturated heterocycles. The number of nitrogens with zero attached hydrogens (tertiary/aromatic N) is 2. The molecule has 1 atom stereocenters. The number of rotatable bonds is 6. The first-order valence-electron chi connectivity index (χ1n) is 8.43. The van der Waals surface area contributed by atoms with Gasteiger partial charge in [-0.2, -0.15) is 0 Å². The van der Waals surface area contributed by atoms with E-state index in [1.54, 1.807) is 37.7 Å². The van der Waals surface area contributed by atoms with Gasteiger partial charge in [0.15, 0.2) is 0 Å². The van der Waals surface area contributed by atoms with Crippen molar-refractivity contribution in [1.82, 2.24) is 14.9 Å². The van der Waals surface area contributed by atoms with E-state index in [4.69, 9.17) is 4.74 Å². The van der Waals surface area contributed by atoms with E-state index in [2.05, 4.69) is 10.3 Å². The molecule has 1 heterocycles. The van der Waals surface area contributed by atoms with Crippen LogP contribution in [0.25, 0.3) is 6.08 Å². The van der Waals surface area contributed by atoms with E-state index in [1.165, 1.54) is 18.2 Å². The van der Waals surface area contributed by atoms with Crippen LogP contribution in [0.5, 0.6) is 5.75 Å². The Morgan fingerprint density at radius 1 is 1.22 bits per heavy atom. The predicted octanol–water partition coefficient (Wildman–Crippen LogP) is 3.49. The summed E-state index contributed by atoms with van der Waals surface area (Å²) in [5.74, 6) is 0.556. The number of halogens is 1. The van der Waals surface area contributed by atoms with Gasteiger partial charge in [-0.05, 0) is 18.2 Å². The highest BCUT2D eigenvalue weighted by atomic mass is 19.1. The second-order valence-corrected chi connectivity index (χ2v) is 5.93. The van der Waals surface area contributed by atoms with Crippen molar-refractivity contribution >= 4 is 12.0 Å². The maximum atomic E-state index is 13.7. The molecule has 138 valence electrons. The van der Waals surface area contributed by atoms with Crippen LogP contribution in [-0.4, -0.2) is 22.6 Å². The van der Waals surface area contributed by atoms with Gasteiger partial charge in [-0.1, -0.05) is 36.4 Å². The number of para-hydroxylation sites is 1. The summed E-state index contributed by atoms with van der Waals surface area (Å²) >= 11 is 0. The zero-order chi connectivity index (χ0) is 19.2. The maximum absolute atomic E-state index is 13.7. The van der Waals surface area contributed by atoms with Gasteiger partial charge in [0.1, 0.15) is 23.4 Å². The summed E-state index contributed by atoms with van der Waals surface area (Å²) < 4.78 is 21.0. The standard InChI is InChI=1S/C21H20FN3O2/c1-25-14-13-23-21(25)20(16-8-4-6-10-18(16)27-2)24-19(26)12-11-15-7-3-5-9-17(15)22/h3-14,20H,1-2H3,(H,24,26)/b12-11+. The van der Waals surface area contributed by atoms with Gasteiger partial charge in [0.25, 0.3) is 0 Å². The van der Waals surface area contributed by atoms with Gasteiger partial charge in [-0.15, -0.1) is 0 Å². The van der Waals surface area contributed by atoms with Gasteiger partial charge in [0.2, 0.25) is 5.91 Å². The van der Waals surface area contributed by atoms with Crippen LogP contribution in [0.1, 0.15) is 23.0 Å². The monoisotopic (exact) mass is 365 g/mol. The Bertz CT molecular complexity index is 965. The van der Waals surface area contributed by atoms with Crippen molar-refractivity contribution in [3.8, 4) is 5.75 Å². The number of methoxy groups -OCH3 is 1. The molecule has 0 spiro atoms. The normalized spacial score (nSPS) is 12.1. The van der Waals surface area contributed by atoms with Gasteiger partial charge >= 0.3 is 0 Å². The smallest absolute Gasteiger partial charge is 0.244 e. The minimum Gasteiger partial charge on any atom is -0.496 e. The van der Waals surface area contributed by atoms with Crippen molar-refractivity contribution in [1.29, 1.82) is 0 Å². The first kappa shape index (κ1) is 18.4. The SMILES string of the molecule is COc1ccccc1C(NC(=O)/C=C/c1ccccc1F)c1nccn1C. The first-order chi connectivity index (χ1) is 13.1. The fourth-order valence-corrected chi connectivity index (χ4v) is 2.81. The van der Waals surface area contributed by atoms with Crippen molar-refractivity contribution in [2.24, 2.45) is 7.05 Å². The highest BCUT2D eigenvalue weighted by Crippen LogP contribution is 2.29. The van der Waals surface area contributed by atoms with Gasteiger partial charge in [0.05, 0.1) is 7.11 Å². The largest absolute Gasteiger partial charge is 0.496 e. The van der Waals surface area contributed by atoms with Crippen LogP contribution in [0.15, 0.2) is 67.0 Å². The lowest BCUT2D eigenvalue weighted by Crippen LogP contribution is -2.30. The summed E-state index contributed by atoms with van der Waals surface area (Å²) in [6.07, 6.45) is 6.23. The van der Waals surface area contributed by atoms with E-state index in [0.717, 1.165) is 5.56 Å². The highest BCUT2D eigenvalue weighted by Gasteiger charge is 2.23. The molecular weight excluding hydrogens is 345 g/mol. The molecule has 0 aliphatic heterocycles. The Hall–Kier alpha value is -3.41. The van der Waals surface area contributed by atoms with Gasteiger partial charge in [-0.3, -0.25) is 4.79 Å². The number of aryl methyl sites for hydroxylation is 1. The van der Waals surface area contributed by atoms with E-state index in [1.807, 2.05) is 35.9 Å². The third-order valence-electron chi connectivity index (χ3n) is 4.17. The maximum Gasteiger partial charge on any atom is 0.244 e. The molecule has 2 aromatic carbocycles. The fraction of sp³-hybridized carbons (Fsp3) is 0.143. The summed E-state index contributed by atoms with van der Waals surface area (Å²) in [6.45, 7) is 0. The first-order valence-corrected chi connectivity index (χ1v) is 8.43. The Morgan fingerprint density at radius 2 is 1.96 bits per heavy atom. The molecule has 0 aliphatic rings. The Morgan fingerprint density at radius 3 is 2.67 bits per heavy atom. The zero-order valence-corrected chi connectivity index (χ0v) is 15.1. The molecule has 0 saturated carbocycles. The van der Waals surface area contributed by atoms with Crippen molar-refractivity contribution in [2.45, 2.75) is 6.04 Å². The second kappa shape index (κ2) is 8.31. The summed E-state index contributed by atoms with van der Waals surface area (Å²) in [4.78, 5) is 16.9. The molecule has 0 aliphatic carbocycles. The van der Waals surface area contributed by atoms with Gasteiger partial charge in [0, 0.05) is 36.6 Å². The van der Waals surface area contributed by atoms with E-state index in [0.29, 0.717) is 17.1 Å². The second-order valence-electron chi connectivity index (χ2n) is 5.93. The molecular formula is C21H20FN3O2. The number of carbonyl (C=O) groups excluding carboxylic acids is 1. The average Bonchev–Trinajstić information content (AvgIpc) is 3.11. The number of hydrogen-bond donors (Lipinski definition) is 1. The molecule has 1 unspecified atom stereocenters. The minimum atomic E-state index is -0.515. The third kappa shape index (κ3) is 4.23. The summed E-state index contributed by atoms with van der Waals surface area (Å²) in [5.41, 5.74) is 1.13. The van der Waals surface area contributed by atoms with Gasteiger partial charge in [-0.25, -0.2) is 9.37 Å². The Kier molecular flexibility index (Phi) is 5.66. The topological polar surface area (TPSA) is 56.1 Å². The average molecular weight is 365 g/mol. The molecule has 3 rings (SSSR count). The van der Waals surface area contributed by atoms with Crippen molar-refractivity contribution in [3.05, 3.63) is 89.8 Å². The Labute approximate surface area is 157 Å². The molecule has 0 bridgehead atoms. The van der Waals surface area contributed by atoms with Gasteiger partial charge < -0.3 is 14.6 Å². The van der Waals surface area contributed by atoms with Crippen molar-refractivity contribution in [2.75, 3.05) is 7.11 Å². The molecule has 1 aromatic heterocycles. The number of hydrogen-bond acceptors (Lipinski definition) is 3. The van der Waals surface area contributed by atoms with E-state index in [-0.39, 0.29) is 11.7 Å². The number of benzene rings is 2. The summed E-state index contributed by atoms with van der Waals surface area (Å²) in [7, 11) is 3.43. The molecule has 1 N–H and O–H groups in total. The van der Waals surface area contributed by atoms with Crippen molar-refractivity contribution in [3.63, 3.8) is 0 Å². The van der Waals surface area contributed by atoms with Crippen LogP contribution in [0, 0.1) is 5.82 Å². The molecule has 1 amide bonds. The number of amides is 1. The lowest BCUT2D eigenvalue weighted by Gasteiger charge is -2.20. The third-order valence-corrected chi connectivity index (χ3v) is 4.17. The number of carbonyl (C=O) groups is 1. The summed E-state index contributed by atoms with van der Waals surface area (Å²) in [6, 6.07) is 13.2.